The lowest BCUT2D eigenvalue weighted by molar-refractivity contribution is -0.120. The Morgan fingerprint density at radius 2 is 1.68 bits per heavy atom. The Kier molecular flexibility index (Phi) is 7.95. The summed E-state index contributed by atoms with van der Waals surface area (Å²) in [6, 6.07) is 17.3. The van der Waals surface area contributed by atoms with Gasteiger partial charge in [0.2, 0.25) is 11.8 Å². The van der Waals surface area contributed by atoms with Gasteiger partial charge in [0, 0.05) is 30.8 Å². The highest BCUT2D eigenvalue weighted by atomic mass is 16.2. The van der Waals surface area contributed by atoms with E-state index < -0.39 is 0 Å². The number of amides is 3. The zero-order valence-electron chi connectivity index (χ0n) is 19.8. The summed E-state index contributed by atoms with van der Waals surface area (Å²) in [6.07, 6.45) is 3.76. The average Bonchev–Trinajstić information content (AvgIpc) is 3.30. The summed E-state index contributed by atoms with van der Waals surface area (Å²) in [5.41, 5.74) is 2.46. The van der Waals surface area contributed by atoms with Crippen molar-refractivity contribution in [1.82, 2.24) is 15.5 Å². The molecule has 1 unspecified atom stereocenters. The van der Waals surface area contributed by atoms with Crippen LogP contribution in [0.15, 0.2) is 54.6 Å². The number of likely N-dealkylation sites (tertiary alicyclic amines) is 1. The first-order chi connectivity index (χ1) is 16.5. The fourth-order valence-electron chi connectivity index (χ4n) is 4.72. The van der Waals surface area contributed by atoms with Crippen LogP contribution in [0.3, 0.4) is 0 Å². The van der Waals surface area contributed by atoms with Crippen molar-refractivity contribution in [3.8, 4) is 0 Å². The summed E-state index contributed by atoms with van der Waals surface area (Å²) in [6.45, 7) is 5.47. The number of benzene rings is 2. The fourth-order valence-corrected chi connectivity index (χ4v) is 4.72. The summed E-state index contributed by atoms with van der Waals surface area (Å²) in [5, 5.41) is 5.71. The Bertz CT molecular complexity index is 985. The molecule has 0 aromatic heterocycles. The highest BCUT2D eigenvalue weighted by Gasteiger charge is 2.25. The molecule has 34 heavy (non-hydrogen) atoms. The topological polar surface area (TPSA) is 81.8 Å². The van der Waals surface area contributed by atoms with E-state index in [2.05, 4.69) is 34.6 Å². The van der Waals surface area contributed by atoms with Gasteiger partial charge in [0.15, 0.2) is 0 Å². The number of hydrogen-bond donors (Lipinski definition) is 2. The second kappa shape index (κ2) is 11.3. The summed E-state index contributed by atoms with van der Waals surface area (Å²) in [5.74, 6) is 0.335. The SMILES string of the molecule is CC1CCN(C(CNC(=O)CNC(=O)c2ccc(N3CCCC3=O)cc2)c2ccccc2)CC1. The van der Waals surface area contributed by atoms with Crippen LogP contribution in [0.2, 0.25) is 0 Å². The van der Waals surface area contributed by atoms with Gasteiger partial charge in [-0.15, -0.1) is 0 Å². The van der Waals surface area contributed by atoms with E-state index in [0.717, 1.165) is 44.0 Å². The second-order valence-corrected chi connectivity index (χ2v) is 9.33. The molecule has 7 heteroatoms. The largest absolute Gasteiger partial charge is 0.353 e. The molecule has 7 nitrogen and oxygen atoms in total. The maximum absolute atomic E-state index is 12.5. The molecule has 0 bridgehead atoms. The molecule has 2 N–H and O–H groups in total. The van der Waals surface area contributed by atoms with Gasteiger partial charge in [0.05, 0.1) is 12.6 Å². The van der Waals surface area contributed by atoms with Crippen molar-refractivity contribution in [3.63, 3.8) is 0 Å². The molecule has 2 heterocycles. The quantitative estimate of drug-likeness (QED) is 0.632. The van der Waals surface area contributed by atoms with Crippen LogP contribution < -0.4 is 15.5 Å². The maximum Gasteiger partial charge on any atom is 0.251 e. The van der Waals surface area contributed by atoms with Crippen molar-refractivity contribution in [2.75, 3.05) is 37.6 Å². The number of piperidine rings is 1. The smallest absolute Gasteiger partial charge is 0.251 e. The van der Waals surface area contributed by atoms with Gasteiger partial charge in [-0.2, -0.15) is 0 Å². The molecule has 1 atom stereocenters. The molecule has 2 fully saturated rings. The third-order valence-corrected chi connectivity index (χ3v) is 6.86. The van der Waals surface area contributed by atoms with E-state index in [1.807, 2.05) is 18.2 Å². The zero-order valence-corrected chi connectivity index (χ0v) is 19.8. The van der Waals surface area contributed by atoms with Crippen LogP contribution in [-0.4, -0.2) is 55.3 Å². The van der Waals surface area contributed by atoms with Crippen LogP contribution in [0, 0.1) is 5.92 Å². The van der Waals surface area contributed by atoms with Crippen molar-refractivity contribution in [2.45, 2.75) is 38.6 Å². The summed E-state index contributed by atoms with van der Waals surface area (Å²) in [7, 11) is 0. The van der Waals surface area contributed by atoms with E-state index in [4.69, 9.17) is 0 Å². The molecule has 2 saturated heterocycles. The second-order valence-electron chi connectivity index (χ2n) is 9.33. The number of carbonyl (C=O) groups is 3. The molecule has 3 amide bonds. The lowest BCUT2D eigenvalue weighted by atomic mass is 9.95. The number of nitrogens with one attached hydrogen (secondary N) is 2. The minimum Gasteiger partial charge on any atom is -0.353 e. The molecule has 0 saturated carbocycles. The molecular formula is C27H34N4O3. The Morgan fingerprint density at radius 1 is 0.971 bits per heavy atom. The maximum atomic E-state index is 12.5. The first kappa shape index (κ1) is 24.0. The van der Waals surface area contributed by atoms with Crippen LogP contribution >= 0.6 is 0 Å². The molecule has 2 aliphatic heterocycles. The predicted molar refractivity (Wildman–Crippen MR) is 133 cm³/mol. The van der Waals surface area contributed by atoms with Gasteiger partial charge in [0.1, 0.15) is 0 Å². The first-order valence-electron chi connectivity index (χ1n) is 12.3. The third kappa shape index (κ3) is 6.03. The van der Waals surface area contributed by atoms with Gasteiger partial charge in [-0.3, -0.25) is 19.3 Å². The van der Waals surface area contributed by atoms with Crippen LogP contribution in [0.4, 0.5) is 5.69 Å². The highest BCUT2D eigenvalue weighted by molar-refractivity contribution is 5.98. The number of anilines is 1. The molecule has 0 aliphatic carbocycles. The van der Waals surface area contributed by atoms with E-state index in [1.165, 1.54) is 5.56 Å². The zero-order chi connectivity index (χ0) is 23.9. The van der Waals surface area contributed by atoms with Crippen LogP contribution in [0.25, 0.3) is 0 Å². The van der Waals surface area contributed by atoms with E-state index in [0.29, 0.717) is 25.1 Å². The van der Waals surface area contributed by atoms with Crippen molar-refractivity contribution in [2.24, 2.45) is 5.92 Å². The standard InChI is InChI=1S/C27H34N4O3/c1-20-13-16-30(17-14-20)24(21-6-3-2-4-7-21)18-28-25(32)19-29-27(34)22-9-11-23(12-10-22)31-15-5-8-26(31)33/h2-4,6-7,9-12,20,24H,5,8,13-19H2,1H3,(H,28,32)(H,29,34). The van der Waals surface area contributed by atoms with E-state index >= 15 is 0 Å². The molecule has 2 aromatic carbocycles. The molecule has 0 radical (unpaired) electrons. The first-order valence-corrected chi connectivity index (χ1v) is 12.3. The van der Waals surface area contributed by atoms with E-state index in [1.54, 1.807) is 29.2 Å². The van der Waals surface area contributed by atoms with Gasteiger partial charge >= 0.3 is 0 Å². The van der Waals surface area contributed by atoms with Gasteiger partial charge in [-0.05, 0) is 68.1 Å². The molecule has 4 rings (SSSR count). The normalized spacial score (nSPS) is 18.0. The minimum atomic E-state index is -0.306. The highest BCUT2D eigenvalue weighted by Crippen LogP contribution is 2.26. The summed E-state index contributed by atoms with van der Waals surface area (Å²) >= 11 is 0. The number of carbonyl (C=O) groups excluding carboxylic acids is 3. The monoisotopic (exact) mass is 462 g/mol. The van der Waals surface area contributed by atoms with Crippen molar-refractivity contribution in [1.29, 1.82) is 0 Å². The minimum absolute atomic E-state index is 0.0796. The fraction of sp³-hybridized carbons (Fsp3) is 0.444. The predicted octanol–water partition coefficient (Wildman–Crippen LogP) is 3.13. The van der Waals surface area contributed by atoms with Gasteiger partial charge in [0.25, 0.3) is 5.91 Å². The number of hydrogen-bond acceptors (Lipinski definition) is 4. The molecule has 180 valence electrons. The Morgan fingerprint density at radius 3 is 2.32 bits per heavy atom. The Balaban J connectivity index is 1.28. The van der Waals surface area contributed by atoms with Crippen molar-refractivity contribution < 1.29 is 14.4 Å². The molecule has 0 spiro atoms. The Labute approximate surface area is 201 Å². The van der Waals surface area contributed by atoms with Gasteiger partial charge in [-0.25, -0.2) is 0 Å². The van der Waals surface area contributed by atoms with E-state index in [9.17, 15) is 14.4 Å². The lowest BCUT2D eigenvalue weighted by Gasteiger charge is -2.37. The summed E-state index contributed by atoms with van der Waals surface area (Å²) < 4.78 is 0. The Hall–Kier alpha value is -3.19. The number of rotatable bonds is 8. The molecule has 2 aromatic rings. The van der Waals surface area contributed by atoms with Crippen molar-refractivity contribution in [3.05, 3.63) is 65.7 Å². The number of nitrogens with zero attached hydrogens (tertiary/aromatic N) is 2. The van der Waals surface area contributed by atoms with Crippen LogP contribution in [-0.2, 0) is 9.59 Å². The van der Waals surface area contributed by atoms with Crippen molar-refractivity contribution >= 4 is 23.4 Å². The third-order valence-electron chi connectivity index (χ3n) is 6.86. The van der Waals surface area contributed by atoms with Gasteiger partial charge in [-0.1, -0.05) is 37.3 Å². The van der Waals surface area contributed by atoms with Gasteiger partial charge < -0.3 is 15.5 Å². The summed E-state index contributed by atoms with van der Waals surface area (Å²) in [4.78, 5) is 41.1. The lowest BCUT2D eigenvalue weighted by Crippen LogP contribution is -2.44. The average molecular weight is 463 g/mol. The molecular weight excluding hydrogens is 428 g/mol. The van der Waals surface area contributed by atoms with E-state index in [-0.39, 0.29) is 30.3 Å². The van der Waals surface area contributed by atoms with Crippen LogP contribution in [0.5, 0.6) is 0 Å². The molecule has 2 aliphatic rings. The van der Waals surface area contributed by atoms with Crippen LogP contribution in [0.1, 0.15) is 54.6 Å².